The van der Waals surface area contributed by atoms with Gasteiger partial charge >= 0.3 is 13.3 Å². The number of benzene rings is 2. The zero-order chi connectivity index (χ0) is 18.8. The molecule has 0 atom stereocenters. The van der Waals surface area contributed by atoms with Crippen LogP contribution in [-0.4, -0.2) is 9.79 Å². The van der Waals surface area contributed by atoms with Crippen LogP contribution in [0.15, 0.2) is 40.9 Å². The SMILES string of the molecule is O=P(O)(O)C(F)(F)c1ccc(CSCc2ccc(Cl)c(Cl)c2)cc1Br. The fourth-order valence-corrected chi connectivity index (χ4v) is 4.56. The second-order valence-corrected chi connectivity index (χ2v) is 9.44. The predicted octanol–water partition coefficient (Wildman–Crippen LogP) is 6.42. The zero-order valence-corrected chi connectivity index (χ0v) is 17.2. The zero-order valence-electron chi connectivity index (χ0n) is 12.4. The Hall–Kier alpha value is -0.140. The molecule has 0 saturated heterocycles. The second-order valence-electron chi connectivity index (χ2n) is 5.14. The lowest BCUT2D eigenvalue weighted by molar-refractivity contribution is 0.0557. The van der Waals surface area contributed by atoms with Crippen LogP contribution in [0.25, 0.3) is 0 Å². The molecule has 0 unspecified atom stereocenters. The van der Waals surface area contributed by atoms with Gasteiger partial charge in [-0.2, -0.15) is 20.5 Å². The maximum absolute atomic E-state index is 13.8. The van der Waals surface area contributed by atoms with Gasteiger partial charge in [0.05, 0.1) is 10.0 Å². The molecular formula is C15H12BrCl2F2O3PS. The van der Waals surface area contributed by atoms with E-state index in [9.17, 15) is 13.3 Å². The van der Waals surface area contributed by atoms with Gasteiger partial charge in [0.15, 0.2) is 0 Å². The number of thioether (sulfide) groups is 1. The molecule has 2 aromatic carbocycles. The van der Waals surface area contributed by atoms with Gasteiger partial charge in [-0.25, -0.2) is 0 Å². The quantitative estimate of drug-likeness (QED) is 0.458. The predicted molar refractivity (Wildman–Crippen MR) is 102 cm³/mol. The van der Waals surface area contributed by atoms with Gasteiger partial charge in [-0.3, -0.25) is 4.57 Å². The molecule has 0 aliphatic carbocycles. The van der Waals surface area contributed by atoms with Crippen molar-refractivity contribution in [2.75, 3.05) is 0 Å². The van der Waals surface area contributed by atoms with Crippen molar-refractivity contribution in [1.82, 2.24) is 0 Å². The van der Waals surface area contributed by atoms with Gasteiger partial charge in [-0.05, 0) is 29.3 Å². The van der Waals surface area contributed by atoms with Crippen molar-refractivity contribution >= 4 is 58.5 Å². The first-order valence-electron chi connectivity index (χ1n) is 6.76. The lowest BCUT2D eigenvalue weighted by atomic mass is 10.1. The molecule has 0 aliphatic heterocycles. The van der Waals surface area contributed by atoms with Crippen LogP contribution >= 0.6 is 58.5 Å². The third-order valence-electron chi connectivity index (χ3n) is 3.24. The van der Waals surface area contributed by atoms with Gasteiger partial charge < -0.3 is 9.79 Å². The average molecular weight is 492 g/mol. The summed E-state index contributed by atoms with van der Waals surface area (Å²) in [5.74, 6) is 1.18. The molecule has 0 aliphatic rings. The smallest absolute Gasteiger partial charge is 0.320 e. The Balaban J connectivity index is 2.06. The Kier molecular flexibility index (Phi) is 6.99. The van der Waals surface area contributed by atoms with Crippen molar-refractivity contribution in [3.8, 4) is 0 Å². The van der Waals surface area contributed by atoms with Crippen LogP contribution in [0.1, 0.15) is 16.7 Å². The summed E-state index contributed by atoms with van der Waals surface area (Å²) in [6, 6.07) is 9.19. The summed E-state index contributed by atoms with van der Waals surface area (Å²) in [6.07, 6.45) is 0. The summed E-state index contributed by atoms with van der Waals surface area (Å²) in [7, 11) is -5.59. The molecule has 0 saturated carbocycles. The van der Waals surface area contributed by atoms with E-state index in [0.29, 0.717) is 21.6 Å². The van der Waals surface area contributed by atoms with Crippen molar-refractivity contribution in [3.63, 3.8) is 0 Å². The summed E-state index contributed by atoms with van der Waals surface area (Å²) < 4.78 is 38.5. The van der Waals surface area contributed by atoms with E-state index in [0.717, 1.165) is 17.2 Å². The van der Waals surface area contributed by atoms with Gasteiger partial charge in [0.1, 0.15) is 0 Å². The van der Waals surface area contributed by atoms with Crippen LogP contribution in [0.3, 0.4) is 0 Å². The second kappa shape index (κ2) is 8.26. The standard InChI is InChI=1S/C15H12BrCl2F2O3PS/c16-12-5-9(1-3-11(12)15(19,20)24(21,22)23)7-25-8-10-2-4-13(17)14(18)6-10/h1-6H,7-8H2,(H2,21,22,23). The van der Waals surface area contributed by atoms with Crippen molar-refractivity contribution < 1.29 is 23.1 Å². The molecule has 0 fully saturated rings. The van der Waals surface area contributed by atoms with E-state index in [4.69, 9.17) is 33.0 Å². The minimum atomic E-state index is -5.59. The van der Waals surface area contributed by atoms with Gasteiger partial charge in [-0.1, -0.05) is 57.3 Å². The van der Waals surface area contributed by atoms with Crippen LogP contribution in [0, 0.1) is 0 Å². The Labute approximate surface area is 166 Å². The van der Waals surface area contributed by atoms with E-state index in [1.165, 1.54) is 23.9 Å². The largest absolute Gasteiger partial charge is 0.399 e. The molecule has 25 heavy (non-hydrogen) atoms. The maximum atomic E-state index is 13.8. The fourth-order valence-electron chi connectivity index (χ4n) is 1.97. The number of halogens is 5. The van der Waals surface area contributed by atoms with E-state index in [-0.39, 0.29) is 4.47 Å². The normalized spacial score (nSPS) is 12.4. The lowest BCUT2D eigenvalue weighted by Crippen LogP contribution is -2.14. The highest BCUT2D eigenvalue weighted by Crippen LogP contribution is 2.60. The molecule has 0 amide bonds. The molecule has 136 valence electrons. The Morgan fingerprint density at radius 2 is 1.60 bits per heavy atom. The summed E-state index contributed by atoms with van der Waals surface area (Å²) in [6.45, 7) is 0. The lowest BCUT2D eigenvalue weighted by Gasteiger charge is -2.19. The topological polar surface area (TPSA) is 57.5 Å². The molecule has 10 heteroatoms. The summed E-state index contributed by atoms with van der Waals surface area (Å²) in [4.78, 5) is 17.6. The van der Waals surface area contributed by atoms with E-state index >= 15 is 0 Å². The van der Waals surface area contributed by atoms with Crippen LogP contribution in [0.5, 0.6) is 0 Å². The molecule has 0 spiro atoms. The Bertz CT molecular complexity index is 832. The van der Waals surface area contributed by atoms with E-state index in [2.05, 4.69) is 15.9 Å². The molecule has 2 N–H and O–H groups in total. The van der Waals surface area contributed by atoms with Crippen molar-refractivity contribution in [2.45, 2.75) is 17.2 Å². The highest BCUT2D eigenvalue weighted by molar-refractivity contribution is 9.10. The summed E-state index contributed by atoms with van der Waals surface area (Å²) in [5, 5.41) is 0.937. The molecule has 3 nitrogen and oxygen atoms in total. The van der Waals surface area contributed by atoms with Crippen LogP contribution in [-0.2, 0) is 21.7 Å². The first kappa shape index (κ1) is 21.2. The van der Waals surface area contributed by atoms with Crippen LogP contribution in [0.2, 0.25) is 10.0 Å². The highest BCUT2D eigenvalue weighted by Gasteiger charge is 2.51. The molecule has 0 heterocycles. The minimum absolute atomic E-state index is 0.0477. The van der Waals surface area contributed by atoms with Gasteiger partial charge in [-0.15, -0.1) is 0 Å². The molecule has 0 radical (unpaired) electrons. The number of alkyl halides is 2. The van der Waals surface area contributed by atoms with Gasteiger partial charge in [0.25, 0.3) is 0 Å². The average Bonchev–Trinajstić information content (AvgIpc) is 2.49. The first-order chi connectivity index (χ1) is 11.5. The van der Waals surface area contributed by atoms with Crippen molar-refractivity contribution in [3.05, 3.63) is 67.6 Å². The molecule has 2 rings (SSSR count). The summed E-state index contributed by atoms with van der Waals surface area (Å²) in [5.41, 5.74) is -3.26. The van der Waals surface area contributed by atoms with E-state index < -0.39 is 18.8 Å². The Morgan fingerprint density at radius 1 is 1.04 bits per heavy atom. The third kappa shape index (κ3) is 5.19. The Morgan fingerprint density at radius 3 is 2.12 bits per heavy atom. The molecule has 0 bridgehead atoms. The van der Waals surface area contributed by atoms with Crippen LogP contribution in [0.4, 0.5) is 8.78 Å². The molecule has 0 aromatic heterocycles. The maximum Gasteiger partial charge on any atom is 0.399 e. The van der Waals surface area contributed by atoms with E-state index in [1.807, 2.05) is 6.07 Å². The highest BCUT2D eigenvalue weighted by atomic mass is 79.9. The minimum Gasteiger partial charge on any atom is -0.320 e. The summed E-state index contributed by atoms with van der Waals surface area (Å²) >= 11 is 16.3. The van der Waals surface area contributed by atoms with E-state index in [1.54, 1.807) is 12.1 Å². The number of hydrogen-bond donors (Lipinski definition) is 2. The molecular weight excluding hydrogens is 480 g/mol. The monoisotopic (exact) mass is 490 g/mol. The molecule has 2 aromatic rings. The van der Waals surface area contributed by atoms with Crippen molar-refractivity contribution in [2.24, 2.45) is 0 Å². The number of hydrogen-bond acceptors (Lipinski definition) is 2. The van der Waals surface area contributed by atoms with Gasteiger partial charge in [0.2, 0.25) is 0 Å². The van der Waals surface area contributed by atoms with Crippen molar-refractivity contribution in [1.29, 1.82) is 0 Å². The van der Waals surface area contributed by atoms with Crippen LogP contribution < -0.4 is 0 Å². The third-order valence-corrected chi connectivity index (χ3v) is 6.69. The number of rotatable bonds is 6. The first-order valence-corrected chi connectivity index (χ1v) is 11.1. The fraction of sp³-hybridized carbons (Fsp3) is 0.200. The van der Waals surface area contributed by atoms with Gasteiger partial charge in [0, 0.05) is 21.5 Å².